The number of aromatic nitrogens is 2. The van der Waals surface area contributed by atoms with Gasteiger partial charge in [0.2, 0.25) is 0 Å². The van der Waals surface area contributed by atoms with Crippen LogP contribution in [0.25, 0.3) is 33.4 Å². The van der Waals surface area contributed by atoms with Gasteiger partial charge in [0.05, 0.1) is 16.6 Å². The molecule has 0 amide bonds. The summed E-state index contributed by atoms with van der Waals surface area (Å²) in [4.78, 5) is 30.7. The molecule has 4 aromatic rings. The molecule has 0 aliphatic carbocycles. The van der Waals surface area contributed by atoms with Gasteiger partial charge in [-0.05, 0) is 36.8 Å². The minimum atomic E-state index is -1.02. The van der Waals surface area contributed by atoms with Crippen LogP contribution in [0.5, 0.6) is 0 Å². The first kappa shape index (κ1) is 14.2. The Balaban J connectivity index is 1.94. The fourth-order valence-corrected chi connectivity index (χ4v) is 2.73. The molecule has 0 aliphatic rings. The second-order valence-corrected chi connectivity index (χ2v) is 5.56. The number of nitrogens with one attached hydrogen (secondary N) is 1. The van der Waals surface area contributed by atoms with E-state index in [9.17, 15) is 9.59 Å². The lowest BCUT2D eigenvalue weighted by molar-refractivity contribution is 0.0697. The van der Waals surface area contributed by atoms with Crippen molar-refractivity contribution < 1.29 is 14.3 Å². The molecule has 6 heteroatoms. The number of aromatic carboxylic acids is 1. The Hall–Kier alpha value is -3.41. The number of hydrogen-bond acceptors (Lipinski definition) is 4. The van der Waals surface area contributed by atoms with Crippen LogP contribution in [-0.2, 0) is 0 Å². The van der Waals surface area contributed by atoms with Crippen LogP contribution in [-0.4, -0.2) is 21.0 Å². The standard InChI is InChI=1S/C18H12N2O4/c1-9-3-2-4-10-7-12(18(23)24-15(9)10)16-19-13-6-5-11(17(21)22)8-14(13)20-16/h2-8H,1H3,(H,19,20)(H,21,22). The number of rotatable bonds is 2. The number of fused-ring (bicyclic) bond motifs is 2. The molecule has 2 aromatic heterocycles. The molecule has 0 unspecified atom stereocenters. The highest BCUT2D eigenvalue weighted by Gasteiger charge is 2.14. The number of H-pyrrole nitrogens is 1. The first-order chi connectivity index (χ1) is 11.5. The highest BCUT2D eigenvalue weighted by atomic mass is 16.4. The molecule has 24 heavy (non-hydrogen) atoms. The molecular weight excluding hydrogens is 308 g/mol. The number of carboxylic acid groups (broad SMARTS) is 1. The normalized spacial score (nSPS) is 11.2. The number of aryl methyl sites for hydroxylation is 1. The predicted molar refractivity (Wildman–Crippen MR) is 89.3 cm³/mol. The summed E-state index contributed by atoms with van der Waals surface area (Å²) in [5, 5.41) is 9.86. The lowest BCUT2D eigenvalue weighted by Crippen LogP contribution is -2.04. The van der Waals surface area contributed by atoms with Crippen molar-refractivity contribution >= 4 is 28.0 Å². The Bertz CT molecular complexity index is 1170. The van der Waals surface area contributed by atoms with Crippen molar-refractivity contribution in [2.45, 2.75) is 6.92 Å². The van der Waals surface area contributed by atoms with Gasteiger partial charge in [-0.25, -0.2) is 14.6 Å². The highest BCUT2D eigenvalue weighted by molar-refractivity contribution is 5.93. The first-order valence-electron chi connectivity index (χ1n) is 7.30. The zero-order chi connectivity index (χ0) is 16.8. The molecule has 0 saturated heterocycles. The van der Waals surface area contributed by atoms with E-state index >= 15 is 0 Å². The zero-order valence-electron chi connectivity index (χ0n) is 12.7. The van der Waals surface area contributed by atoms with Crippen molar-refractivity contribution in [3.05, 3.63) is 64.0 Å². The zero-order valence-corrected chi connectivity index (χ0v) is 12.7. The summed E-state index contributed by atoms with van der Waals surface area (Å²) >= 11 is 0. The topological polar surface area (TPSA) is 96.2 Å². The molecule has 6 nitrogen and oxygen atoms in total. The van der Waals surface area contributed by atoms with Crippen molar-refractivity contribution in [1.82, 2.24) is 9.97 Å². The summed E-state index contributed by atoms with van der Waals surface area (Å²) in [6.45, 7) is 1.87. The molecule has 2 N–H and O–H groups in total. The number of nitrogens with zero attached hydrogens (tertiary/aromatic N) is 1. The lowest BCUT2D eigenvalue weighted by atomic mass is 10.1. The van der Waals surface area contributed by atoms with E-state index in [0.717, 1.165) is 10.9 Å². The smallest absolute Gasteiger partial charge is 0.347 e. The average Bonchev–Trinajstić information content (AvgIpc) is 2.98. The number of imidazole rings is 1. The minimum absolute atomic E-state index is 0.152. The van der Waals surface area contributed by atoms with E-state index in [2.05, 4.69) is 9.97 Å². The number of hydrogen-bond donors (Lipinski definition) is 2. The van der Waals surface area contributed by atoms with Gasteiger partial charge in [-0.1, -0.05) is 18.2 Å². The minimum Gasteiger partial charge on any atom is -0.478 e. The van der Waals surface area contributed by atoms with Crippen molar-refractivity contribution in [3.8, 4) is 11.4 Å². The molecule has 0 bridgehead atoms. The summed E-state index contributed by atoms with van der Waals surface area (Å²) in [6, 6.07) is 11.9. The molecule has 0 aliphatic heterocycles. The molecule has 2 aromatic carbocycles. The van der Waals surface area contributed by atoms with E-state index in [-0.39, 0.29) is 5.56 Å². The van der Waals surface area contributed by atoms with Gasteiger partial charge in [0.15, 0.2) is 0 Å². The Morgan fingerprint density at radius 2 is 2.04 bits per heavy atom. The quantitative estimate of drug-likeness (QED) is 0.552. The fraction of sp³-hybridized carbons (Fsp3) is 0.0556. The number of benzene rings is 2. The summed E-state index contributed by atoms with van der Waals surface area (Å²) in [7, 11) is 0. The third-order valence-electron chi connectivity index (χ3n) is 3.94. The van der Waals surface area contributed by atoms with Crippen LogP contribution in [0.2, 0.25) is 0 Å². The number of carbonyl (C=O) groups is 1. The van der Waals surface area contributed by atoms with Crippen LogP contribution < -0.4 is 5.63 Å². The van der Waals surface area contributed by atoms with Crippen LogP contribution >= 0.6 is 0 Å². The van der Waals surface area contributed by atoms with Crippen molar-refractivity contribution in [3.63, 3.8) is 0 Å². The van der Waals surface area contributed by atoms with Gasteiger partial charge in [0, 0.05) is 5.39 Å². The Labute approximate surface area is 135 Å². The molecule has 0 atom stereocenters. The van der Waals surface area contributed by atoms with Crippen molar-refractivity contribution in [1.29, 1.82) is 0 Å². The number of carboxylic acids is 1. The van der Waals surface area contributed by atoms with Gasteiger partial charge in [-0.3, -0.25) is 0 Å². The van der Waals surface area contributed by atoms with Gasteiger partial charge >= 0.3 is 11.6 Å². The van der Waals surface area contributed by atoms with E-state index in [1.807, 2.05) is 25.1 Å². The lowest BCUT2D eigenvalue weighted by Gasteiger charge is -2.02. The van der Waals surface area contributed by atoms with Crippen LogP contribution in [0.3, 0.4) is 0 Å². The molecule has 0 saturated carbocycles. The van der Waals surface area contributed by atoms with Crippen LogP contribution in [0.4, 0.5) is 0 Å². The van der Waals surface area contributed by atoms with E-state index in [4.69, 9.17) is 9.52 Å². The molecule has 0 radical (unpaired) electrons. The Morgan fingerprint density at radius 1 is 1.21 bits per heavy atom. The molecule has 0 spiro atoms. The molecule has 0 fully saturated rings. The molecule has 2 heterocycles. The maximum atomic E-state index is 12.3. The second kappa shape index (κ2) is 5.06. The van der Waals surface area contributed by atoms with Gasteiger partial charge in [-0.2, -0.15) is 0 Å². The van der Waals surface area contributed by atoms with E-state index in [0.29, 0.717) is 28.0 Å². The predicted octanol–water partition coefficient (Wildman–Crippen LogP) is 3.34. The van der Waals surface area contributed by atoms with Crippen LogP contribution in [0.1, 0.15) is 15.9 Å². The number of para-hydroxylation sites is 1. The Morgan fingerprint density at radius 3 is 2.83 bits per heavy atom. The third-order valence-corrected chi connectivity index (χ3v) is 3.94. The molecule has 118 valence electrons. The number of aromatic amines is 1. The van der Waals surface area contributed by atoms with Gasteiger partial charge in [0.25, 0.3) is 0 Å². The van der Waals surface area contributed by atoms with Crippen molar-refractivity contribution in [2.24, 2.45) is 0 Å². The monoisotopic (exact) mass is 320 g/mol. The van der Waals surface area contributed by atoms with E-state index in [1.165, 1.54) is 12.1 Å². The van der Waals surface area contributed by atoms with Gasteiger partial charge < -0.3 is 14.5 Å². The van der Waals surface area contributed by atoms with E-state index < -0.39 is 11.6 Å². The second-order valence-electron chi connectivity index (χ2n) is 5.56. The first-order valence-corrected chi connectivity index (χ1v) is 7.30. The molecule has 4 rings (SSSR count). The Kier molecular flexibility index (Phi) is 2.99. The van der Waals surface area contributed by atoms with Crippen molar-refractivity contribution in [2.75, 3.05) is 0 Å². The maximum Gasteiger partial charge on any atom is 0.347 e. The summed E-state index contributed by atoms with van der Waals surface area (Å²) < 4.78 is 5.43. The van der Waals surface area contributed by atoms with Gasteiger partial charge in [0.1, 0.15) is 17.0 Å². The maximum absolute atomic E-state index is 12.3. The third kappa shape index (κ3) is 2.16. The average molecular weight is 320 g/mol. The summed E-state index contributed by atoms with van der Waals surface area (Å²) in [6.07, 6.45) is 0. The summed E-state index contributed by atoms with van der Waals surface area (Å²) in [5.74, 6) is -0.668. The van der Waals surface area contributed by atoms with Gasteiger partial charge in [-0.15, -0.1) is 0 Å². The van der Waals surface area contributed by atoms with Crippen LogP contribution in [0.15, 0.2) is 51.7 Å². The summed E-state index contributed by atoms with van der Waals surface area (Å²) in [5.41, 5.74) is 2.53. The fourth-order valence-electron chi connectivity index (χ4n) is 2.73. The molecular formula is C18H12N2O4. The van der Waals surface area contributed by atoms with Crippen LogP contribution in [0, 0.1) is 6.92 Å². The SMILES string of the molecule is Cc1cccc2cc(-c3nc4ccc(C(=O)O)cc4[nH]3)c(=O)oc12. The largest absolute Gasteiger partial charge is 0.478 e. The highest BCUT2D eigenvalue weighted by Crippen LogP contribution is 2.23. The van der Waals surface area contributed by atoms with E-state index in [1.54, 1.807) is 12.1 Å².